The second kappa shape index (κ2) is 19.5. The van der Waals surface area contributed by atoms with Gasteiger partial charge in [-0.25, -0.2) is 0 Å². The molecule has 86 heavy (non-hydrogen) atoms. The second-order valence-electron chi connectivity index (χ2n) is 23.2. The number of hydrogen-bond acceptors (Lipinski definition) is 3. The molecule has 0 radical (unpaired) electrons. The van der Waals surface area contributed by atoms with Crippen molar-refractivity contribution in [3.8, 4) is 44.8 Å². The lowest BCUT2D eigenvalue weighted by Gasteiger charge is -2.25. The maximum absolute atomic E-state index is 7.31. The van der Waals surface area contributed by atoms with Crippen LogP contribution in [-0.2, 0) is 5.41 Å². The maximum Gasteiger partial charge on any atom is 0.144 e. The third-order valence-electron chi connectivity index (χ3n) is 18.0. The molecule has 0 spiro atoms. The van der Waals surface area contributed by atoms with Gasteiger partial charge in [0.05, 0.1) is 22.1 Å². The van der Waals surface area contributed by atoms with Gasteiger partial charge >= 0.3 is 0 Å². The summed E-state index contributed by atoms with van der Waals surface area (Å²) in [6.07, 6.45) is 0. The molecule has 17 rings (SSSR count). The Morgan fingerprint density at radius 3 is 1.24 bits per heavy atom. The minimum atomic E-state index is -0.455. The van der Waals surface area contributed by atoms with Crippen LogP contribution in [0.15, 0.2) is 308 Å². The lowest BCUT2D eigenvalue weighted by Crippen LogP contribution is -2.16. The van der Waals surface area contributed by atoms with Gasteiger partial charge in [-0.3, -0.25) is 0 Å². The molecule has 16 aromatic rings. The van der Waals surface area contributed by atoms with E-state index >= 15 is 0 Å². The zero-order chi connectivity index (χ0) is 57.0. The molecular formula is C81H56N4O. The number of aromatic nitrogens is 2. The molecule has 406 valence electrons. The number of furan rings is 1. The van der Waals surface area contributed by atoms with Gasteiger partial charge in [-0.1, -0.05) is 190 Å². The van der Waals surface area contributed by atoms with E-state index in [1.165, 1.54) is 43.8 Å². The van der Waals surface area contributed by atoms with E-state index in [2.05, 4.69) is 336 Å². The van der Waals surface area contributed by atoms with Gasteiger partial charge in [-0.2, -0.15) is 0 Å². The van der Waals surface area contributed by atoms with Crippen LogP contribution in [0.5, 0.6) is 0 Å². The molecule has 5 nitrogen and oxygen atoms in total. The Morgan fingerprint density at radius 1 is 0.326 bits per heavy atom. The van der Waals surface area contributed by atoms with Crippen LogP contribution in [0.1, 0.15) is 25.0 Å². The molecule has 0 saturated carbocycles. The van der Waals surface area contributed by atoms with E-state index in [0.29, 0.717) is 0 Å². The zero-order valence-corrected chi connectivity index (χ0v) is 47.6. The number of rotatable bonds is 10. The molecule has 0 unspecified atom stereocenters. The smallest absolute Gasteiger partial charge is 0.144 e. The quantitative estimate of drug-likeness (QED) is 0.137. The largest absolute Gasteiger partial charge is 0.455 e. The average Bonchev–Trinajstić information content (AvgIpc) is 1.52. The van der Waals surface area contributed by atoms with Crippen LogP contribution in [0.25, 0.3) is 110 Å². The van der Waals surface area contributed by atoms with Crippen molar-refractivity contribution in [1.82, 2.24) is 9.13 Å². The predicted octanol–water partition coefficient (Wildman–Crippen LogP) is 22.4. The summed E-state index contributed by atoms with van der Waals surface area (Å²) < 4.78 is 12.3. The first-order valence-electron chi connectivity index (χ1n) is 29.7. The Hall–Kier alpha value is -11.1. The first kappa shape index (κ1) is 49.5. The van der Waals surface area contributed by atoms with Crippen LogP contribution < -0.4 is 9.80 Å². The highest BCUT2D eigenvalue weighted by molar-refractivity contribution is 6.32. The van der Waals surface area contributed by atoms with Crippen molar-refractivity contribution in [3.63, 3.8) is 0 Å². The molecular weight excluding hydrogens is 1040 g/mol. The van der Waals surface area contributed by atoms with E-state index in [-0.39, 0.29) is 0 Å². The van der Waals surface area contributed by atoms with Gasteiger partial charge < -0.3 is 23.4 Å². The van der Waals surface area contributed by atoms with E-state index in [1.807, 2.05) is 0 Å². The standard InChI is InChI=1S/C81H56N4O/c1-81(2)70-51-68-65-47-41-55(53-37-43-63(44-38-53)82(57-23-9-3-10-24-57)58-25-11-4-12-26-58)49-71(65)84(61-31-17-7-18-32-61)73(68)52-69(70)77-78(81)79-75(76-67-35-21-22-36-74(67)86-80(76)77)66-48-42-56(50-72(66)85(79)62-33-19-8-20-34-62)54-39-45-64(46-40-54)83(59-27-13-5-14-28-59)60-29-15-6-16-30-60/h3-52H,1-2H3. The summed E-state index contributed by atoms with van der Waals surface area (Å²) >= 11 is 0. The van der Waals surface area contributed by atoms with Crippen molar-refractivity contribution < 1.29 is 4.42 Å². The number of fused-ring (bicyclic) bond motifs is 15. The number of para-hydroxylation sites is 7. The third-order valence-corrected chi connectivity index (χ3v) is 18.0. The lowest BCUT2D eigenvalue weighted by molar-refractivity contribution is 0.656. The average molecular weight is 1100 g/mol. The molecule has 13 aromatic carbocycles. The minimum absolute atomic E-state index is 0.455. The molecule has 0 fully saturated rings. The number of benzene rings is 13. The Balaban J connectivity index is 0.866. The van der Waals surface area contributed by atoms with Crippen LogP contribution in [0.2, 0.25) is 0 Å². The first-order valence-corrected chi connectivity index (χ1v) is 29.7. The van der Waals surface area contributed by atoms with Crippen molar-refractivity contribution in [3.05, 3.63) is 314 Å². The predicted molar refractivity (Wildman–Crippen MR) is 360 cm³/mol. The fourth-order valence-electron chi connectivity index (χ4n) is 14.1. The molecule has 1 aliphatic rings. The highest BCUT2D eigenvalue weighted by Crippen LogP contribution is 2.59. The summed E-state index contributed by atoms with van der Waals surface area (Å²) in [5.74, 6) is 0. The topological polar surface area (TPSA) is 29.5 Å². The normalized spacial score (nSPS) is 12.6. The van der Waals surface area contributed by atoms with E-state index in [9.17, 15) is 0 Å². The van der Waals surface area contributed by atoms with Gasteiger partial charge in [-0.05, 0) is 166 Å². The molecule has 0 atom stereocenters. The summed E-state index contributed by atoms with van der Waals surface area (Å²) in [7, 11) is 0. The Bertz CT molecular complexity index is 5180. The van der Waals surface area contributed by atoms with Crippen LogP contribution in [0.4, 0.5) is 34.1 Å². The van der Waals surface area contributed by atoms with E-state index in [0.717, 1.165) is 112 Å². The summed E-state index contributed by atoms with van der Waals surface area (Å²) in [5, 5.41) is 7.09. The molecule has 3 heterocycles. The van der Waals surface area contributed by atoms with E-state index in [1.54, 1.807) is 0 Å². The molecule has 0 bridgehead atoms. The van der Waals surface area contributed by atoms with Crippen LogP contribution in [-0.4, -0.2) is 9.13 Å². The summed E-state index contributed by atoms with van der Waals surface area (Å²) in [5.41, 5.74) is 24.4. The van der Waals surface area contributed by atoms with Crippen molar-refractivity contribution >= 4 is 99.7 Å². The van der Waals surface area contributed by atoms with Crippen molar-refractivity contribution in [1.29, 1.82) is 0 Å². The first-order chi connectivity index (χ1) is 42.4. The molecule has 1 aliphatic carbocycles. The van der Waals surface area contributed by atoms with Crippen molar-refractivity contribution in [2.24, 2.45) is 0 Å². The van der Waals surface area contributed by atoms with Gasteiger partial charge in [0.15, 0.2) is 0 Å². The van der Waals surface area contributed by atoms with Crippen LogP contribution >= 0.6 is 0 Å². The van der Waals surface area contributed by atoms with Crippen LogP contribution in [0.3, 0.4) is 0 Å². The number of hydrogen-bond donors (Lipinski definition) is 0. The van der Waals surface area contributed by atoms with Gasteiger partial charge in [0.2, 0.25) is 0 Å². The SMILES string of the molecule is CC1(C)c2cc3c4ccc(-c5ccc(N(c6ccccc6)c6ccccc6)cc5)cc4n(-c4ccccc4)c3cc2-c2c1c1c(c3ccc(-c4ccc(N(c5ccccc5)c5ccccc5)cc4)cc3n1-c1ccccc1)c1c2oc2ccccc21. The maximum atomic E-state index is 7.31. The zero-order valence-electron chi connectivity index (χ0n) is 47.6. The fourth-order valence-corrected chi connectivity index (χ4v) is 14.1. The molecule has 0 aliphatic heterocycles. The molecule has 0 N–H and O–H groups in total. The Labute approximate surface area is 498 Å². The molecule has 0 saturated heterocycles. The lowest BCUT2D eigenvalue weighted by atomic mass is 9.80. The van der Waals surface area contributed by atoms with Gasteiger partial charge in [0.1, 0.15) is 11.2 Å². The number of anilines is 6. The summed E-state index contributed by atoms with van der Waals surface area (Å²) in [4.78, 5) is 4.63. The van der Waals surface area contributed by atoms with E-state index in [4.69, 9.17) is 4.42 Å². The van der Waals surface area contributed by atoms with Crippen LogP contribution in [0, 0.1) is 0 Å². The summed E-state index contributed by atoms with van der Waals surface area (Å²) in [6, 6.07) is 110. The summed E-state index contributed by atoms with van der Waals surface area (Å²) in [6.45, 7) is 4.86. The second-order valence-corrected chi connectivity index (χ2v) is 23.2. The Morgan fingerprint density at radius 2 is 0.733 bits per heavy atom. The highest BCUT2D eigenvalue weighted by Gasteiger charge is 2.43. The monoisotopic (exact) mass is 1100 g/mol. The van der Waals surface area contributed by atoms with Crippen molar-refractivity contribution in [2.75, 3.05) is 9.80 Å². The van der Waals surface area contributed by atoms with Gasteiger partial charge in [0, 0.05) is 88.8 Å². The third kappa shape index (κ3) is 7.64. The molecule has 5 heteroatoms. The van der Waals surface area contributed by atoms with Gasteiger partial charge in [0.25, 0.3) is 0 Å². The number of nitrogens with zero attached hydrogens (tertiary/aromatic N) is 4. The Kier molecular flexibility index (Phi) is 11.2. The molecule has 3 aromatic heterocycles. The van der Waals surface area contributed by atoms with E-state index < -0.39 is 5.41 Å². The minimum Gasteiger partial charge on any atom is -0.455 e. The fraction of sp³-hybridized carbons (Fsp3) is 0.0370. The molecule has 0 amide bonds. The van der Waals surface area contributed by atoms with Gasteiger partial charge in [-0.15, -0.1) is 0 Å². The van der Waals surface area contributed by atoms with Crippen molar-refractivity contribution in [2.45, 2.75) is 19.3 Å². The highest BCUT2D eigenvalue weighted by atomic mass is 16.3.